The molecule has 0 spiro atoms. The van der Waals surface area contributed by atoms with E-state index in [4.69, 9.17) is 0 Å². The maximum absolute atomic E-state index is 14.6. The molecule has 0 bridgehead atoms. The molecular weight excluding hydrogens is 385 g/mol. The van der Waals surface area contributed by atoms with E-state index in [9.17, 15) is 30.7 Å². The highest BCUT2D eigenvalue weighted by Gasteiger charge is 2.41. The van der Waals surface area contributed by atoms with Crippen LogP contribution in [0.2, 0.25) is 0 Å². The summed E-state index contributed by atoms with van der Waals surface area (Å²) in [5.74, 6) is -13.3. The van der Waals surface area contributed by atoms with Gasteiger partial charge in [0.2, 0.25) is 0 Å². The summed E-state index contributed by atoms with van der Waals surface area (Å²) in [6.45, 7) is 1.92. The Kier molecular flexibility index (Phi) is 5.19. The van der Waals surface area contributed by atoms with E-state index in [0.29, 0.717) is 17.7 Å². The van der Waals surface area contributed by atoms with Crippen molar-refractivity contribution in [2.24, 2.45) is 0 Å². The fraction of sp³-hybridized carbons (Fsp3) is 0.143. The summed E-state index contributed by atoms with van der Waals surface area (Å²) in [5, 5.41) is 0. The predicted octanol–water partition coefficient (Wildman–Crippen LogP) is 6.75. The second kappa shape index (κ2) is 7.30. The second-order valence-corrected chi connectivity index (χ2v) is 6.19. The SMILES string of the molecule is CCc1ccc(-c2cc(F)c(C(F)(F)c3cc(F)c(F)c(F)c3)c(F)c2)cc1. The Labute approximate surface area is 156 Å². The lowest BCUT2D eigenvalue weighted by Crippen LogP contribution is -2.20. The Morgan fingerprint density at radius 2 is 1.18 bits per heavy atom. The van der Waals surface area contributed by atoms with Crippen molar-refractivity contribution in [3.8, 4) is 11.1 Å². The molecule has 0 aliphatic carbocycles. The number of aryl methyl sites for hydroxylation is 1. The molecule has 0 atom stereocenters. The van der Waals surface area contributed by atoms with E-state index in [0.717, 1.165) is 12.0 Å². The topological polar surface area (TPSA) is 0 Å². The zero-order valence-corrected chi connectivity index (χ0v) is 14.5. The van der Waals surface area contributed by atoms with Gasteiger partial charge in [-0.2, -0.15) is 8.78 Å². The molecule has 0 heterocycles. The highest BCUT2D eigenvalue weighted by Crippen LogP contribution is 2.40. The van der Waals surface area contributed by atoms with Crippen LogP contribution in [0.5, 0.6) is 0 Å². The third-order valence-electron chi connectivity index (χ3n) is 4.40. The Balaban J connectivity index is 2.09. The molecule has 0 fully saturated rings. The van der Waals surface area contributed by atoms with Crippen LogP contribution >= 0.6 is 0 Å². The molecule has 28 heavy (non-hydrogen) atoms. The van der Waals surface area contributed by atoms with Gasteiger partial charge < -0.3 is 0 Å². The van der Waals surface area contributed by atoms with Crippen molar-refractivity contribution in [3.63, 3.8) is 0 Å². The first-order valence-corrected chi connectivity index (χ1v) is 8.26. The van der Waals surface area contributed by atoms with E-state index in [1.165, 1.54) is 0 Å². The maximum atomic E-state index is 14.6. The average molecular weight is 398 g/mol. The van der Waals surface area contributed by atoms with Crippen LogP contribution in [0.3, 0.4) is 0 Å². The first kappa shape index (κ1) is 19.9. The Hall–Kier alpha value is -2.83. The summed E-state index contributed by atoms with van der Waals surface area (Å²) in [5.41, 5.74) is -1.67. The van der Waals surface area contributed by atoms with E-state index in [1.54, 1.807) is 24.3 Å². The van der Waals surface area contributed by atoms with Crippen LogP contribution in [-0.4, -0.2) is 0 Å². The van der Waals surface area contributed by atoms with Gasteiger partial charge in [0.1, 0.15) is 11.6 Å². The summed E-state index contributed by atoms with van der Waals surface area (Å²) in [7, 11) is 0. The molecule has 0 aromatic heterocycles. The lowest BCUT2D eigenvalue weighted by atomic mass is 9.95. The molecule has 0 amide bonds. The van der Waals surface area contributed by atoms with E-state index >= 15 is 0 Å². The van der Waals surface area contributed by atoms with Gasteiger partial charge in [0, 0.05) is 5.56 Å². The molecule has 3 rings (SSSR count). The van der Waals surface area contributed by atoms with Crippen LogP contribution < -0.4 is 0 Å². The van der Waals surface area contributed by atoms with Crippen molar-refractivity contribution in [3.05, 3.63) is 94.3 Å². The number of hydrogen-bond acceptors (Lipinski definition) is 0. The third-order valence-corrected chi connectivity index (χ3v) is 4.40. The number of halogens is 7. The van der Waals surface area contributed by atoms with Gasteiger partial charge in [-0.25, -0.2) is 22.0 Å². The van der Waals surface area contributed by atoms with Gasteiger partial charge in [0.25, 0.3) is 0 Å². The summed E-state index contributed by atoms with van der Waals surface area (Å²) >= 11 is 0. The summed E-state index contributed by atoms with van der Waals surface area (Å²) < 4.78 is 97.7. The lowest BCUT2D eigenvalue weighted by Gasteiger charge is -2.20. The van der Waals surface area contributed by atoms with E-state index in [1.807, 2.05) is 6.92 Å². The maximum Gasteiger partial charge on any atom is 0.304 e. The highest BCUT2D eigenvalue weighted by atomic mass is 19.3. The Bertz CT molecular complexity index is 977. The standard InChI is InChI=1S/C21H13F7/c1-2-11-3-5-12(6-4-11)13-7-15(22)19(16(23)8-13)21(27,28)14-9-17(24)20(26)18(25)10-14/h3-10H,2H2,1H3. The number of hydrogen-bond donors (Lipinski definition) is 0. The predicted molar refractivity (Wildman–Crippen MR) is 90.5 cm³/mol. The molecule has 0 saturated carbocycles. The molecule has 0 aliphatic heterocycles. The van der Waals surface area contributed by atoms with Gasteiger partial charge in [0.05, 0.1) is 5.56 Å². The van der Waals surface area contributed by atoms with Crippen molar-refractivity contribution >= 4 is 0 Å². The summed E-state index contributed by atoms with van der Waals surface area (Å²) in [6, 6.07) is 8.09. The van der Waals surface area contributed by atoms with Gasteiger partial charge in [-0.1, -0.05) is 31.2 Å². The normalized spacial score (nSPS) is 11.7. The van der Waals surface area contributed by atoms with Gasteiger partial charge in [-0.05, 0) is 47.4 Å². The largest absolute Gasteiger partial charge is 0.304 e. The number of rotatable bonds is 4. The van der Waals surface area contributed by atoms with Gasteiger partial charge in [-0.3, -0.25) is 0 Å². The van der Waals surface area contributed by atoms with Gasteiger partial charge in [-0.15, -0.1) is 0 Å². The Morgan fingerprint density at radius 1 is 0.679 bits per heavy atom. The average Bonchev–Trinajstić information content (AvgIpc) is 2.65. The monoisotopic (exact) mass is 398 g/mol. The zero-order valence-electron chi connectivity index (χ0n) is 14.5. The summed E-state index contributed by atoms with van der Waals surface area (Å²) in [6.07, 6.45) is 0.749. The fourth-order valence-electron chi connectivity index (χ4n) is 2.85. The summed E-state index contributed by atoms with van der Waals surface area (Å²) in [4.78, 5) is 0. The van der Waals surface area contributed by atoms with Crippen LogP contribution in [0.25, 0.3) is 11.1 Å². The minimum atomic E-state index is -4.42. The quantitative estimate of drug-likeness (QED) is 0.337. The van der Waals surface area contributed by atoms with Crippen LogP contribution in [0, 0.1) is 29.1 Å². The molecule has 0 N–H and O–H groups in total. The molecule has 0 unspecified atom stereocenters. The molecule has 0 radical (unpaired) electrons. The minimum absolute atomic E-state index is 0.00861. The van der Waals surface area contributed by atoms with Crippen LogP contribution in [0.1, 0.15) is 23.6 Å². The first-order valence-electron chi connectivity index (χ1n) is 8.26. The van der Waals surface area contributed by atoms with Crippen molar-refractivity contribution in [1.29, 1.82) is 0 Å². The molecule has 7 heteroatoms. The second-order valence-electron chi connectivity index (χ2n) is 6.19. The van der Waals surface area contributed by atoms with E-state index < -0.39 is 46.1 Å². The van der Waals surface area contributed by atoms with Crippen LogP contribution in [0.4, 0.5) is 30.7 Å². The zero-order chi connectivity index (χ0) is 20.6. The highest BCUT2D eigenvalue weighted by molar-refractivity contribution is 5.65. The molecule has 0 nitrogen and oxygen atoms in total. The molecule has 0 saturated heterocycles. The van der Waals surface area contributed by atoms with Crippen LogP contribution in [-0.2, 0) is 12.3 Å². The van der Waals surface area contributed by atoms with Crippen LogP contribution in [0.15, 0.2) is 48.5 Å². The molecular formula is C21H13F7. The van der Waals surface area contributed by atoms with Gasteiger partial charge >= 0.3 is 5.92 Å². The van der Waals surface area contributed by atoms with Crippen molar-refractivity contribution in [2.45, 2.75) is 19.3 Å². The van der Waals surface area contributed by atoms with Gasteiger partial charge in [0.15, 0.2) is 17.5 Å². The molecule has 3 aromatic rings. The minimum Gasteiger partial charge on any atom is -0.206 e. The smallest absolute Gasteiger partial charge is 0.206 e. The van der Waals surface area contributed by atoms with E-state index in [-0.39, 0.29) is 17.7 Å². The molecule has 3 aromatic carbocycles. The van der Waals surface area contributed by atoms with Crippen molar-refractivity contribution in [1.82, 2.24) is 0 Å². The number of alkyl halides is 2. The molecule has 146 valence electrons. The molecule has 0 aliphatic rings. The first-order chi connectivity index (χ1) is 13.1. The fourth-order valence-corrected chi connectivity index (χ4v) is 2.85. The third kappa shape index (κ3) is 3.48. The lowest BCUT2D eigenvalue weighted by molar-refractivity contribution is 0.0339. The van der Waals surface area contributed by atoms with E-state index in [2.05, 4.69) is 0 Å². The number of benzene rings is 3. The Morgan fingerprint density at radius 3 is 1.64 bits per heavy atom. The van der Waals surface area contributed by atoms with Crippen molar-refractivity contribution < 1.29 is 30.7 Å². The van der Waals surface area contributed by atoms with Crippen molar-refractivity contribution in [2.75, 3.05) is 0 Å².